The Kier molecular flexibility index (Phi) is 4.02. The first-order valence-electron chi connectivity index (χ1n) is 4.53. The maximum Gasteiger partial charge on any atom is 0.242 e. The number of sulfone groups is 1. The highest BCUT2D eigenvalue weighted by molar-refractivity contribution is 7.90. The summed E-state index contributed by atoms with van der Waals surface area (Å²) in [5, 5.41) is 5.86. The summed E-state index contributed by atoms with van der Waals surface area (Å²) < 4.78 is 26.2. The first-order chi connectivity index (χ1) is 7.38. The first-order valence-corrected chi connectivity index (χ1v) is 6.59. The van der Waals surface area contributed by atoms with Crippen molar-refractivity contribution < 1.29 is 17.7 Å². The van der Waals surface area contributed by atoms with Crippen LogP contribution in [0.3, 0.4) is 0 Å². The zero-order chi connectivity index (χ0) is 12.2. The predicted octanol–water partition coefficient (Wildman–Crippen LogP) is -0.625. The fraction of sp³-hybridized carbons (Fsp3) is 0.500. The molecule has 1 heterocycles. The molecule has 0 aromatic carbocycles. The molecule has 7 nitrogen and oxygen atoms in total. The molecular weight excluding hydrogens is 234 g/mol. The molecule has 1 aromatic heterocycles. The summed E-state index contributed by atoms with van der Waals surface area (Å²) in [6.45, 7) is 0. The minimum atomic E-state index is -3.11. The van der Waals surface area contributed by atoms with Gasteiger partial charge in [0.15, 0.2) is 5.82 Å². The average Bonchev–Trinajstić information content (AvgIpc) is 2.65. The summed E-state index contributed by atoms with van der Waals surface area (Å²) in [7, 11) is -3.11. The number of anilines is 1. The van der Waals surface area contributed by atoms with Gasteiger partial charge in [-0.2, -0.15) is 0 Å². The minimum Gasteiger partial charge on any atom is -0.363 e. The number of nitrogens with zero attached hydrogens (tertiary/aromatic N) is 1. The number of aromatic nitrogens is 1. The van der Waals surface area contributed by atoms with E-state index in [1.54, 1.807) is 0 Å². The molecule has 0 aliphatic heterocycles. The lowest BCUT2D eigenvalue weighted by Gasteiger charge is -2.09. The number of amides is 1. The van der Waals surface area contributed by atoms with Gasteiger partial charge in [-0.05, 0) is 6.42 Å². The maximum absolute atomic E-state index is 11.4. The molecule has 0 spiro atoms. The molecule has 8 heteroatoms. The molecule has 0 aliphatic rings. The second-order valence-electron chi connectivity index (χ2n) is 3.40. The van der Waals surface area contributed by atoms with Crippen LogP contribution in [-0.4, -0.2) is 37.5 Å². The van der Waals surface area contributed by atoms with Crippen LogP contribution >= 0.6 is 0 Å². The third kappa shape index (κ3) is 4.41. The van der Waals surface area contributed by atoms with E-state index in [2.05, 4.69) is 15.0 Å². The smallest absolute Gasteiger partial charge is 0.242 e. The Morgan fingerprint density at radius 1 is 1.69 bits per heavy atom. The van der Waals surface area contributed by atoms with E-state index in [9.17, 15) is 13.2 Å². The Hall–Kier alpha value is -1.41. The van der Waals surface area contributed by atoms with Crippen molar-refractivity contribution in [1.29, 1.82) is 0 Å². The van der Waals surface area contributed by atoms with Crippen molar-refractivity contribution in [3.63, 3.8) is 0 Å². The SMILES string of the molecule is CS(=O)(=O)CCC(N)C(=O)Nc1ccon1. The minimum absolute atomic E-state index is 0.0719. The lowest BCUT2D eigenvalue weighted by molar-refractivity contribution is -0.117. The van der Waals surface area contributed by atoms with Crippen molar-refractivity contribution in [2.24, 2.45) is 5.73 Å². The van der Waals surface area contributed by atoms with Gasteiger partial charge in [0.25, 0.3) is 0 Å². The molecule has 0 aliphatic carbocycles. The van der Waals surface area contributed by atoms with Gasteiger partial charge in [-0.1, -0.05) is 5.16 Å². The monoisotopic (exact) mass is 247 g/mol. The molecule has 1 amide bonds. The lowest BCUT2D eigenvalue weighted by atomic mass is 10.2. The molecule has 1 unspecified atom stereocenters. The summed E-state index contributed by atoms with van der Waals surface area (Å²) in [4.78, 5) is 11.4. The Balaban J connectivity index is 2.42. The molecule has 90 valence electrons. The Morgan fingerprint density at radius 3 is 2.88 bits per heavy atom. The summed E-state index contributed by atoms with van der Waals surface area (Å²) >= 11 is 0. The molecular formula is C8H13N3O4S. The van der Waals surface area contributed by atoms with Gasteiger partial charge in [-0.3, -0.25) is 4.79 Å². The maximum atomic E-state index is 11.4. The second-order valence-corrected chi connectivity index (χ2v) is 5.66. The van der Waals surface area contributed by atoms with E-state index in [1.807, 2.05) is 0 Å². The van der Waals surface area contributed by atoms with Crippen molar-refractivity contribution in [3.05, 3.63) is 12.3 Å². The van der Waals surface area contributed by atoms with E-state index < -0.39 is 21.8 Å². The molecule has 3 N–H and O–H groups in total. The van der Waals surface area contributed by atoms with E-state index in [-0.39, 0.29) is 18.0 Å². The Labute approximate surface area is 92.9 Å². The molecule has 16 heavy (non-hydrogen) atoms. The van der Waals surface area contributed by atoms with Crippen molar-refractivity contribution in [2.45, 2.75) is 12.5 Å². The first kappa shape index (κ1) is 12.7. The van der Waals surface area contributed by atoms with Gasteiger partial charge >= 0.3 is 0 Å². The van der Waals surface area contributed by atoms with Crippen LogP contribution in [-0.2, 0) is 14.6 Å². The van der Waals surface area contributed by atoms with Gasteiger partial charge in [-0.25, -0.2) is 8.42 Å². The molecule has 0 fully saturated rings. The van der Waals surface area contributed by atoms with Crippen LogP contribution in [0.2, 0.25) is 0 Å². The predicted molar refractivity (Wildman–Crippen MR) is 57.4 cm³/mol. The van der Waals surface area contributed by atoms with Crippen LogP contribution in [0.4, 0.5) is 5.82 Å². The van der Waals surface area contributed by atoms with E-state index in [0.29, 0.717) is 0 Å². The molecule has 0 bridgehead atoms. The molecule has 0 saturated carbocycles. The largest absolute Gasteiger partial charge is 0.363 e. The third-order valence-corrected chi connectivity index (χ3v) is 2.80. The van der Waals surface area contributed by atoms with Crippen LogP contribution in [0.5, 0.6) is 0 Å². The van der Waals surface area contributed by atoms with E-state index >= 15 is 0 Å². The van der Waals surface area contributed by atoms with Crippen LogP contribution < -0.4 is 11.1 Å². The van der Waals surface area contributed by atoms with E-state index in [4.69, 9.17) is 5.73 Å². The van der Waals surface area contributed by atoms with Gasteiger partial charge in [-0.15, -0.1) is 0 Å². The standard InChI is InChI=1S/C8H13N3O4S/c1-16(13,14)5-3-6(9)8(12)10-7-2-4-15-11-7/h2,4,6H,3,5,9H2,1H3,(H,10,11,12). The number of nitrogens with one attached hydrogen (secondary N) is 1. The molecule has 1 atom stereocenters. The van der Waals surface area contributed by atoms with Crippen molar-refractivity contribution in [3.8, 4) is 0 Å². The van der Waals surface area contributed by atoms with Gasteiger partial charge in [0.2, 0.25) is 5.91 Å². The normalized spacial score (nSPS) is 13.4. The number of rotatable bonds is 5. The van der Waals surface area contributed by atoms with Gasteiger partial charge < -0.3 is 15.6 Å². The zero-order valence-corrected chi connectivity index (χ0v) is 9.53. The summed E-state index contributed by atoms with van der Waals surface area (Å²) in [6.07, 6.45) is 2.47. The average molecular weight is 247 g/mol. The summed E-state index contributed by atoms with van der Waals surface area (Å²) in [6, 6.07) is 0.577. The van der Waals surface area contributed by atoms with Crippen molar-refractivity contribution in [2.75, 3.05) is 17.3 Å². The Bertz CT molecular complexity index is 440. The van der Waals surface area contributed by atoms with E-state index in [0.717, 1.165) is 6.26 Å². The molecule has 1 aromatic rings. The number of carbonyl (C=O) groups is 1. The highest BCUT2D eigenvalue weighted by Gasteiger charge is 2.16. The van der Waals surface area contributed by atoms with E-state index in [1.165, 1.54) is 12.3 Å². The van der Waals surface area contributed by atoms with Crippen LogP contribution in [0, 0.1) is 0 Å². The quantitative estimate of drug-likeness (QED) is 0.716. The van der Waals surface area contributed by atoms with Crippen molar-refractivity contribution >= 4 is 21.6 Å². The fourth-order valence-corrected chi connectivity index (χ4v) is 1.65. The summed E-state index contributed by atoms with van der Waals surface area (Å²) in [5.74, 6) is -0.363. The zero-order valence-electron chi connectivity index (χ0n) is 8.71. The fourth-order valence-electron chi connectivity index (χ4n) is 0.968. The van der Waals surface area contributed by atoms with Crippen molar-refractivity contribution in [1.82, 2.24) is 5.16 Å². The van der Waals surface area contributed by atoms with Gasteiger partial charge in [0, 0.05) is 12.3 Å². The summed E-state index contributed by atoms with van der Waals surface area (Å²) in [5.41, 5.74) is 5.51. The third-order valence-electron chi connectivity index (χ3n) is 1.83. The highest BCUT2D eigenvalue weighted by Crippen LogP contribution is 2.03. The number of hydrogen-bond donors (Lipinski definition) is 2. The van der Waals surface area contributed by atoms with Gasteiger partial charge in [0.1, 0.15) is 16.1 Å². The van der Waals surface area contributed by atoms with Crippen LogP contribution in [0.1, 0.15) is 6.42 Å². The number of carbonyl (C=O) groups excluding carboxylic acids is 1. The lowest BCUT2D eigenvalue weighted by Crippen LogP contribution is -2.37. The highest BCUT2D eigenvalue weighted by atomic mass is 32.2. The number of hydrogen-bond acceptors (Lipinski definition) is 6. The Morgan fingerprint density at radius 2 is 2.38 bits per heavy atom. The molecule has 1 rings (SSSR count). The molecule has 0 saturated heterocycles. The van der Waals surface area contributed by atoms with Crippen LogP contribution in [0.25, 0.3) is 0 Å². The molecule has 0 radical (unpaired) electrons. The topological polar surface area (TPSA) is 115 Å². The van der Waals surface area contributed by atoms with Crippen LogP contribution in [0.15, 0.2) is 16.9 Å². The van der Waals surface area contributed by atoms with Gasteiger partial charge in [0.05, 0.1) is 11.8 Å². The second kappa shape index (κ2) is 5.08. The number of nitrogens with two attached hydrogens (primary N) is 1.